The molecule has 0 saturated carbocycles. The largest absolute Gasteiger partial charge is 0.481 e. The fourth-order valence-corrected chi connectivity index (χ4v) is 1.03. The minimum Gasteiger partial charge on any atom is -0.481 e. The number of rotatable bonds is 8. The maximum absolute atomic E-state index is 10.6. The minimum absolute atomic E-state index is 0. The van der Waals surface area contributed by atoms with Crippen molar-refractivity contribution >= 4 is 23.9 Å². The first-order chi connectivity index (χ1) is 7.73. The van der Waals surface area contributed by atoms with E-state index in [1.807, 2.05) is 5.32 Å². The molecule has 18 heavy (non-hydrogen) atoms. The smallest absolute Gasteiger partial charge is 0.321 e. The summed E-state index contributed by atoms with van der Waals surface area (Å²) in [5.41, 5.74) is 0. The van der Waals surface area contributed by atoms with E-state index in [-0.39, 0.29) is 17.1 Å². The summed E-state index contributed by atoms with van der Waals surface area (Å²) in [6.07, 6.45) is -1.70. The van der Waals surface area contributed by atoms with Gasteiger partial charge < -0.3 is 20.4 Å². The van der Waals surface area contributed by atoms with Crippen molar-refractivity contribution in [1.82, 2.24) is 5.32 Å². The minimum atomic E-state index is -1.66. The molecule has 0 bridgehead atoms. The quantitative estimate of drug-likeness (QED) is 0.333. The normalized spacial score (nSPS) is 12.9. The van der Waals surface area contributed by atoms with E-state index in [1.165, 1.54) is 0 Å². The van der Waals surface area contributed by atoms with E-state index in [0.717, 1.165) is 0 Å². The second-order valence-electron chi connectivity index (χ2n) is 3.14. The van der Waals surface area contributed by atoms with Crippen molar-refractivity contribution in [3.05, 3.63) is 0 Å². The topological polar surface area (TPSA) is 161 Å². The molecule has 0 aliphatic rings. The van der Waals surface area contributed by atoms with Crippen LogP contribution in [0.15, 0.2) is 0 Å². The Morgan fingerprint density at radius 1 is 0.778 bits per heavy atom. The summed E-state index contributed by atoms with van der Waals surface area (Å²) >= 11 is 0. The van der Waals surface area contributed by atoms with Gasteiger partial charge in [0, 0.05) is 17.1 Å². The average molecular weight is 305 g/mol. The maximum atomic E-state index is 10.6. The van der Waals surface area contributed by atoms with Gasteiger partial charge in [-0.05, 0) is 0 Å². The molecular formula is C8H11FeNO8. The van der Waals surface area contributed by atoms with Crippen LogP contribution in [0.5, 0.6) is 0 Å². The van der Waals surface area contributed by atoms with Crippen molar-refractivity contribution < 1.29 is 56.7 Å². The Labute approximate surface area is 111 Å². The molecule has 0 spiro atoms. The summed E-state index contributed by atoms with van der Waals surface area (Å²) in [4.78, 5) is 41.9. The van der Waals surface area contributed by atoms with Gasteiger partial charge >= 0.3 is 23.9 Å². The standard InChI is InChI=1S/C8H11NO8.Fe/c10-5(11)1-3(7(14)15)9-4(8(16)17)2-6(12)13;/h3-4,9H,1-2H2,(H,10,11)(H,12,13)(H,14,15)(H,16,17);. The zero-order chi connectivity index (χ0) is 13.6. The van der Waals surface area contributed by atoms with E-state index in [1.54, 1.807) is 0 Å². The van der Waals surface area contributed by atoms with Crippen LogP contribution in [0, 0.1) is 0 Å². The van der Waals surface area contributed by atoms with Crippen molar-refractivity contribution in [3.8, 4) is 0 Å². The van der Waals surface area contributed by atoms with Crippen molar-refractivity contribution in [3.63, 3.8) is 0 Å². The van der Waals surface area contributed by atoms with E-state index in [9.17, 15) is 19.2 Å². The van der Waals surface area contributed by atoms with Gasteiger partial charge in [0.15, 0.2) is 0 Å². The van der Waals surface area contributed by atoms with Crippen LogP contribution in [0.25, 0.3) is 0 Å². The molecule has 0 aliphatic heterocycles. The van der Waals surface area contributed by atoms with E-state index < -0.39 is 48.8 Å². The molecular weight excluding hydrogens is 294 g/mol. The first kappa shape index (κ1) is 18.7. The summed E-state index contributed by atoms with van der Waals surface area (Å²) in [6, 6.07) is -3.32. The molecule has 104 valence electrons. The van der Waals surface area contributed by atoms with Crippen molar-refractivity contribution in [2.24, 2.45) is 0 Å². The fourth-order valence-electron chi connectivity index (χ4n) is 1.03. The van der Waals surface area contributed by atoms with Crippen LogP contribution in [-0.2, 0) is 36.2 Å². The van der Waals surface area contributed by atoms with E-state index in [2.05, 4.69) is 0 Å². The van der Waals surface area contributed by atoms with E-state index in [0.29, 0.717) is 0 Å². The van der Waals surface area contributed by atoms with Crippen LogP contribution in [0.2, 0.25) is 0 Å². The molecule has 0 rings (SSSR count). The van der Waals surface area contributed by atoms with Crippen LogP contribution in [-0.4, -0.2) is 56.4 Å². The molecule has 0 aromatic carbocycles. The first-order valence-corrected chi connectivity index (χ1v) is 4.39. The van der Waals surface area contributed by atoms with Gasteiger partial charge in [-0.3, -0.25) is 24.5 Å². The van der Waals surface area contributed by atoms with Gasteiger partial charge in [0.05, 0.1) is 12.8 Å². The van der Waals surface area contributed by atoms with Crippen LogP contribution < -0.4 is 5.32 Å². The molecule has 0 saturated heterocycles. The molecule has 0 radical (unpaired) electrons. The van der Waals surface area contributed by atoms with Gasteiger partial charge in [0.1, 0.15) is 12.1 Å². The van der Waals surface area contributed by atoms with Crippen molar-refractivity contribution in [2.75, 3.05) is 0 Å². The summed E-state index contributed by atoms with van der Waals surface area (Å²) in [5.74, 6) is -6.01. The van der Waals surface area contributed by atoms with Gasteiger partial charge in [-0.15, -0.1) is 0 Å². The second-order valence-corrected chi connectivity index (χ2v) is 3.14. The third-order valence-corrected chi connectivity index (χ3v) is 1.76. The summed E-state index contributed by atoms with van der Waals surface area (Å²) in [6.45, 7) is 0. The summed E-state index contributed by atoms with van der Waals surface area (Å²) in [7, 11) is 0. The number of nitrogens with one attached hydrogen (secondary N) is 1. The molecule has 0 fully saturated rings. The predicted octanol–water partition coefficient (Wildman–Crippen LogP) is -1.57. The van der Waals surface area contributed by atoms with Gasteiger partial charge in [-0.2, -0.15) is 0 Å². The molecule has 10 heteroatoms. The van der Waals surface area contributed by atoms with Crippen LogP contribution in [0.1, 0.15) is 12.8 Å². The Balaban J connectivity index is 0. The van der Waals surface area contributed by atoms with Crippen molar-refractivity contribution in [1.29, 1.82) is 0 Å². The molecule has 0 heterocycles. The molecule has 9 nitrogen and oxygen atoms in total. The number of carboxylic acid groups (broad SMARTS) is 4. The number of hydrogen-bond donors (Lipinski definition) is 5. The van der Waals surface area contributed by atoms with Gasteiger partial charge in [-0.1, -0.05) is 0 Å². The number of aliphatic carboxylic acids is 4. The number of carboxylic acids is 4. The van der Waals surface area contributed by atoms with Gasteiger partial charge in [0.2, 0.25) is 0 Å². The van der Waals surface area contributed by atoms with Gasteiger partial charge in [0.25, 0.3) is 0 Å². The van der Waals surface area contributed by atoms with Crippen LogP contribution >= 0.6 is 0 Å². The molecule has 0 aromatic rings. The first-order valence-electron chi connectivity index (χ1n) is 4.39. The maximum Gasteiger partial charge on any atom is 0.321 e. The fraction of sp³-hybridized carbons (Fsp3) is 0.500. The van der Waals surface area contributed by atoms with E-state index >= 15 is 0 Å². The summed E-state index contributed by atoms with van der Waals surface area (Å²) in [5, 5.41) is 36.0. The van der Waals surface area contributed by atoms with Crippen LogP contribution in [0.3, 0.4) is 0 Å². The zero-order valence-corrected chi connectivity index (χ0v) is 9.95. The monoisotopic (exact) mass is 305 g/mol. The third-order valence-electron chi connectivity index (χ3n) is 1.76. The molecule has 0 aliphatic carbocycles. The summed E-state index contributed by atoms with van der Waals surface area (Å²) < 4.78 is 0. The Morgan fingerprint density at radius 2 is 1.06 bits per heavy atom. The number of carbonyl (C=O) groups is 4. The molecule has 0 amide bonds. The molecule has 5 N–H and O–H groups in total. The molecule has 2 unspecified atom stereocenters. The third kappa shape index (κ3) is 7.60. The average Bonchev–Trinajstić information content (AvgIpc) is 2.13. The van der Waals surface area contributed by atoms with Crippen molar-refractivity contribution in [2.45, 2.75) is 24.9 Å². The Hall–Kier alpha value is -1.64. The van der Waals surface area contributed by atoms with Gasteiger partial charge in [-0.25, -0.2) is 0 Å². The van der Waals surface area contributed by atoms with E-state index in [4.69, 9.17) is 20.4 Å². The molecule has 0 aromatic heterocycles. The number of hydrogen-bond acceptors (Lipinski definition) is 5. The van der Waals surface area contributed by atoms with Crippen LogP contribution in [0.4, 0.5) is 0 Å². The Kier molecular flexibility index (Phi) is 8.79. The second kappa shape index (κ2) is 8.45. The predicted molar refractivity (Wildman–Crippen MR) is 50.5 cm³/mol. The SMILES string of the molecule is O=C(O)CC(NC(CC(=O)O)C(=O)O)C(=O)O.[Fe]. The molecule has 2 atom stereocenters. The zero-order valence-electron chi connectivity index (χ0n) is 8.84. The Morgan fingerprint density at radius 3 is 1.22 bits per heavy atom. The Bertz CT molecular complexity index is 312.